The Morgan fingerprint density at radius 2 is 1.83 bits per heavy atom. The molecule has 0 aliphatic heterocycles. The van der Waals surface area contributed by atoms with Gasteiger partial charge in [-0.25, -0.2) is 0 Å². The van der Waals surface area contributed by atoms with Crippen LogP contribution in [0.2, 0.25) is 0 Å². The molecule has 6 nitrogen and oxygen atoms in total. The van der Waals surface area contributed by atoms with Gasteiger partial charge >= 0.3 is 0 Å². The first-order valence-corrected chi connectivity index (χ1v) is 11.8. The maximum absolute atomic E-state index is 12.9. The quantitative estimate of drug-likeness (QED) is 0.405. The van der Waals surface area contributed by atoms with Crippen LogP contribution in [0.25, 0.3) is 10.8 Å². The second-order valence-electron chi connectivity index (χ2n) is 9.21. The Hall–Kier alpha value is -4.19. The van der Waals surface area contributed by atoms with E-state index in [1.165, 1.54) is 0 Å². The summed E-state index contributed by atoms with van der Waals surface area (Å²) in [7, 11) is 3.98. The van der Waals surface area contributed by atoms with Gasteiger partial charge in [-0.05, 0) is 65.3 Å². The van der Waals surface area contributed by atoms with E-state index < -0.39 is 0 Å². The third-order valence-corrected chi connectivity index (χ3v) is 6.53. The fourth-order valence-corrected chi connectivity index (χ4v) is 4.53. The lowest BCUT2D eigenvalue weighted by molar-refractivity contribution is -0.117. The zero-order valence-electron chi connectivity index (χ0n) is 19.9. The van der Waals surface area contributed by atoms with Crippen LogP contribution >= 0.6 is 0 Å². The van der Waals surface area contributed by atoms with Gasteiger partial charge in [-0.3, -0.25) is 14.6 Å². The molecule has 0 spiro atoms. The lowest BCUT2D eigenvalue weighted by Crippen LogP contribution is -2.24. The topological polar surface area (TPSA) is 74.3 Å². The Morgan fingerprint density at radius 3 is 2.69 bits per heavy atom. The van der Waals surface area contributed by atoms with Crippen LogP contribution in [0.1, 0.15) is 33.8 Å². The van der Waals surface area contributed by atoms with Crippen LogP contribution in [0.4, 0.5) is 11.4 Å². The van der Waals surface area contributed by atoms with Gasteiger partial charge < -0.3 is 15.5 Å². The first-order valence-electron chi connectivity index (χ1n) is 11.8. The van der Waals surface area contributed by atoms with E-state index in [9.17, 15) is 9.59 Å². The summed E-state index contributed by atoms with van der Waals surface area (Å²) in [5.41, 5.74) is 4.56. The van der Waals surface area contributed by atoms with Crippen LogP contribution < -0.4 is 15.5 Å². The number of para-hydroxylation sites is 1. The molecule has 6 heteroatoms. The van der Waals surface area contributed by atoms with E-state index >= 15 is 0 Å². The summed E-state index contributed by atoms with van der Waals surface area (Å²) in [6.45, 7) is 0.452. The second kappa shape index (κ2) is 9.58. The van der Waals surface area contributed by atoms with Gasteiger partial charge in [0.15, 0.2) is 0 Å². The molecule has 1 aliphatic rings. The zero-order valence-corrected chi connectivity index (χ0v) is 19.9. The summed E-state index contributed by atoms with van der Waals surface area (Å²) in [6, 6.07) is 23.4. The standard InChI is InChI=1S/C29H28N4O2/c1-33(2)27-9-4-3-6-23(27)18-31-28(34)21-8-5-7-20(14-21)25-16-26(25)29(35)32-24-11-10-22-17-30-13-12-19(22)15-24/h3-15,17,25-26H,16,18H2,1-2H3,(H,31,34)(H,32,35)/t25-,26+/m0/s1. The number of aromatic nitrogens is 1. The van der Waals surface area contributed by atoms with Crippen LogP contribution in [0, 0.1) is 5.92 Å². The molecule has 4 aromatic rings. The number of nitrogens with one attached hydrogen (secondary N) is 2. The Bertz CT molecular complexity index is 1400. The van der Waals surface area contributed by atoms with Crippen LogP contribution in [0.3, 0.4) is 0 Å². The molecule has 3 aromatic carbocycles. The molecule has 1 aromatic heterocycles. The Morgan fingerprint density at radius 1 is 0.971 bits per heavy atom. The van der Waals surface area contributed by atoms with E-state index in [-0.39, 0.29) is 23.7 Å². The van der Waals surface area contributed by atoms with E-state index in [0.29, 0.717) is 12.1 Å². The first kappa shape index (κ1) is 22.6. The summed E-state index contributed by atoms with van der Waals surface area (Å²) in [5.74, 6) is -0.0680. The molecule has 0 saturated heterocycles. The molecule has 0 unspecified atom stereocenters. The van der Waals surface area contributed by atoms with Crippen molar-refractivity contribution >= 4 is 34.0 Å². The van der Waals surface area contributed by atoms with Crippen LogP contribution in [0.15, 0.2) is 85.2 Å². The number of carbonyl (C=O) groups is 2. The van der Waals surface area contributed by atoms with Crippen molar-refractivity contribution in [3.05, 3.63) is 102 Å². The van der Waals surface area contributed by atoms with Crippen molar-refractivity contribution in [3.8, 4) is 0 Å². The molecule has 2 atom stereocenters. The molecule has 0 bridgehead atoms. The molecule has 176 valence electrons. The lowest BCUT2D eigenvalue weighted by atomic mass is 10.0. The average molecular weight is 465 g/mol. The zero-order chi connectivity index (χ0) is 24.4. The molecule has 0 radical (unpaired) electrons. The van der Waals surface area contributed by atoms with Gasteiger partial charge in [0.25, 0.3) is 5.91 Å². The number of carbonyl (C=O) groups excluding carboxylic acids is 2. The molecule has 5 rings (SSSR count). The maximum Gasteiger partial charge on any atom is 0.251 e. The number of fused-ring (bicyclic) bond motifs is 1. The number of rotatable bonds is 7. The van der Waals surface area contributed by atoms with Crippen molar-refractivity contribution in [1.29, 1.82) is 0 Å². The molecular formula is C29H28N4O2. The number of nitrogens with zero attached hydrogens (tertiary/aromatic N) is 2. The van der Waals surface area contributed by atoms with Gasteiger partial charge in [0.1, 0.15) is 0 Å². The smallest absolute Gasteiger partial charge is 0.251 e. The third kappa shape index (κ3) is 5.01. The second-order valence-corrected chi connectivity index (χ2v) is 9.21. The largest absolute Gasteiger partial charge is 0.377 e. The summed E-state index contributed by atoms with van der Waals surface area (Å²) >= 11 is 0. The molecule has 1 aliphatic carbocycles. The summed E-state index contributed by atoms with van der Waals surface area (Å²) in [4.78, 5) is 31.9. The van der Waals surface area contributed by atoms with Gasteiger partial charge in [0.2, 0.25) is 5.91 Å². The number of amides is 2. The van der Waals surface area contributed by atoms with Gasteiger partial charge in [-0.2, -0.15) is 0 Å². The van der Waals surface area contributed by atoms with Crippen LogP contribution in [0.5, 0.6) is 0 Å². The fraction of sp³-hybridized carbons (Fsp3) is 0.207. The molecular weight excluding hydrogens is 436 g/mol. The molecule has 35 heavy (non-hydrogen) atoms. The fourth-order valence-electron chi connectivity index (χ4n) is 4.53. The summed E-state index contributed by atoms with van der Waals surface area (Å²) in [5, 5.41) is 8.15. The molecule has 2 amide bonds. The van der Waals surface area contributed by atoms with E-state index in [4.69, 9.17) is 0 Å². The van der Waals surface area contributed by atoms with Crippen LogP contribution in [-0.4, -0.2) is 30.9 Å². The van der Waals surface area contributed by atoms with Gasteiger partial charge in [0.05, 0.1) is 0 Å². The Balaban J connectivity index is 1.21. The van der Waals surface area contributed by atoms with Gasteiger partial charge in [0, 0.05) is 61.3 Å². The number of hydrogen-bond acceptors (Lipinski definition) is 4. The van der Waals surface area contributed by atoms with Crippen molar-refractivity contribution < 1.29 is 9.59 Å². The Kier molecular flexibility index (Phi) is 6.19. The predicted octanol–water partition coefficient (Wildman–Crippen LogP) is 4.97. The van der Waals surface area contributed by atoms with Crippen molar-refractivity contribution in [2.75, 3.05) is 24.3 Å². The highest BCUT2D eigenvalue weighted by Gasteiger charge is 2.44. The van der Waals surface area contributed by atoms with E-state index in [2.05, 4.69) is 15.6 Å². The number of pyridine rings is 1. The molecule has 2 N–H and O–H groups in total. The third-order valence-electron chi connectivity index (χ3n) is 6.53. The lowest BCUT2D eigenvalue weighted by Gasteiger charge is -2.17. The van der Waals surface area contributed by atoms with Crippen molar-refractivity contribution in [2.45, 2.75) is 18.9 Å². The van der Waals surface area contributed by atoms with Crippen molar-refractivity contribution in [3.63, 3.8) is 0 Å². The highest BCUT2D eigenvalue weighted by molar-refractivity contribution is 5.98. The van der Waals surface area contributed by atoms with Gasteiger partial charge in [-0.15, -0.1) is 0 Å². The molecule has 1 saturated carbocycles. The normalized spacial score (nSPS) is 16.5. The van der Waals surface area contributed by atoms with E-state index in [0.717, 1.165) is 39.7 Å². The van der Waals surface area contributed by atoms with Crippen molar-refractivity contribution in [2.24, 2.45) is 5.92 Å². The monoisotopic (exact) mass is 464 g/mol. The summed E-state index contributed by atoms with van der Waals surface area (Å²) in [6.07, 6.45) is 4.33. The first-order chi connectivity index (χ1) is 17.0. The maximum atomic E-state index is 12.9. The van der Waals surface area contributed by atoms with E-state index in [1.54, 1.807) is 6.20 Å². The SMILES string of the molecule is CN(C)c1ccccc1CNC(=O)c1cccc([C@@H]2C[C@H]2C(=O)Nc2ccc3cnccc3c2)c1. The highest BCUT2D eigenvalue weighted by Crippen LogP contribution is 2.48. The molecule has 1 fully saturated rings. The number of hydrogen-bond donors (Lipinski definition) is 2. The van der Waals surface area contributed by atoms with Gasteiger partial charge in [-0.1, -0.05) is 36.4 Å². The highest BCUT2D eigenvalue weighted by atomic mass is 16.2. The van der Waals surface area contributed by atoms with Crippen molar-refractivity contribution in [1.82, 2.24) is 10.3 Å². The summed E-state index contributed by atoms with van der Waals surface area (Å²) < 4.78 is 0. The minimum atomic E-state index is -0.118. The molecule has 1 heterocycles. The van der Waals surface area contributed by atoms with Crippen LogP contribution in [-0.2, 0) is 11.3 Å². The predicted molar refractivity (Wildman–Crippen MR) is 140 cm³/mol. The minimum absolute atomic E-state index is 0.0125. The minimum Gasteiger partial charge on any atom is -0.377 e. The Labute approximate surface area is 205 Å². The number of anilines is 2. The number of benzene rings is 3. The van der Waals surface area contributed by atoms with E-state index in [1.807, 2.05) is 98.0 Å². The average Bonchev–Trinajstić information content (AvgIpc) is 3.69.